The molecule has 0 bridgehead atoms. The highest BCUT2D eigenvalue weighted by Crippen LogP contribution is 2.35. The molecule has 3 aromatic rings. The number of carbonyl (C=O) groups is 1. The van der Waals surface area contributed by atoms with Gasteiger partial charge >= 0.3 is 0 Å². The largest absolute Gasteiger partial charge is 0.345 e. The van der Waals surface area contributed by atoms with Crippen molar-refractivity contribution in [1.29, 1.82) is 0 Å². The maximum Gasteiger partial charge on any atom is 0.253 e. The van der Waals surface area contributed by atoms with Gasteiger partial charge in [-0.25, -0.2) is 9.97 Å². The first kappa shape index (κ1) is 17.4. The molecule has 0 aliphatic rings. The van der Waals surface area contributed by atoms with E-state index in [-0.39, 0.29) is 5.91 Å². The Balaban J connectivity index is 1.75. The fraction of sp³-hybridized carbons (Fsp3) is 0.167. The second-order valence-corrected chi connectivity index (χ2v) is 8.01. The summed E-state index contributed by atoms with van der Waals surface area (Å²) in [6.45, 7) is 1.95. The molecule has 2 aromatic heterocycles. The van der Waals surface area contributed by atoms with E-state index in [4.69, 9.17) is 0 Å². The van der Waals surface area contributed by atoms with Crippen LogP contribution in [-0.2, 0) is 0 Å². The second kappa shape index (κ2) is 7.67. The van der Waals surface area contributed by atoms with E-state index in [1.165, 1.54) is 0 Å². The van der Waals surface area contributed by atoms with E-state index >= 15 is 0 Å². The molecular formula is C18H18N4OS2. The van der Waals surface area contributed by atoms with Crippen LogP contribution in [0.25, 0.3) is 0 Å². The molecule has 0 aliphatic carbocycles. The van der Waals surface area contributed by atoms with Crippen LogP contribution in [0.3, 0.4) is 0 Å². The molecule has 0 saturated heterocycles. The van der Waals surface area contributed by atoms with Gasteiger partial charge in [0, 0.05) is 30.8 Å². The lowest BCUT2D eigenvalue weighted by atomic mass is 10.1. The van der Waals surface area contributed by atoms with Crippen molar-refractivity contribution in [2.45, 2.75) is 16.0 Å². The zero-order chi connectivity index (χ0) is 17.8. The van der Waals surface area contributed by atoms with Crippen LogP contribution in [0.5, 0.6) is 0 Å². The maximum absolute atomic E-state index is 12.3. The van der Waals surface area contributed by atoms with Gasteiger partial charge in [0.25, 0.3) is 5.91 Å². The van der Waals surface area contributed by atoms with E-state index in [0.29, 0.717) is 0 Å². The van der Waals surface area contributed by atoms with Gasteiger partial charge in [0.15, 0.2) is 5.13 Å². The quantitative estimate of drug-likeness (QED) is 0.719. The summed E-state index contributed by atoms with van der Waals surface area (Å²) in [4.78, 5) is 23.5. The van der Waals surface area contributed by atoms with Crippen LogP contribution in [0.15, 0.2) is 57.9 Å². The highest BCUT2D eigenvalue weighted by Gasteiger charge is 2.13. The summed E-state index contributed by atoms with van der Waals surface area (Å²) in [5, 5.41) is 3.98. The lowest BCUT2D eigenvalue weighted by Crippen LogP contribution is -2.22. The number of nitrogens with zero attached hydrogens (tertiary/aromatic N) is 3. The molecule has 0 aliphatic heterocycles. The predicted octanol–water partition coefficient (Wildman–Crippen LogP) is 4.44. The Hall–Kier alpha value is -2.38. The minimum Gasteiger partial charge on any atom is -0.345 e. The highest BCUT2D eigenvalue weighted by atomic mass is 32.2. The number of carbonyl (C=O) groups excluding carboxylic acids is 1. The number of aromatic nitrogens is 2. The molecule has 5 nitrogen and oxygen atoms in total. The summed E-state index contributed by atoms with van der Waals surface area (Å²) in [6, 6.07) is 11.6. The Morgan fingerprint density at radius 1 is 1.20 bits per heavy atom. The van der Waals surface area contributed by atoms with Crippen molar-refractivity contribution in [1.82, 2.24) is 14.9 Å². The summed E-state index contributed by atoms with van der Waals surface area (Å²) in [5.41, 5.74) is 1.70. The molecule has 2 heterocycles. The number of rotatable bonds is 5. The third-order valence-electron chi connectivity index (χ3n) is 3.45. The Labute approximate surface area is 155 Å². The van der Waals surface area contributed by atoms with Gasteiger partial charge in [0.1, 0.15) is 5.82 Å². The Kier molecular flexibility index (Phi) is 5.35. The smallest absolute Gasteiger partial charge is 0.253 e. The van der Waals surface area contributed by atoms with Gasteiger partial charge in [-0.1, -0.05) is 35.2 Å². The molecule has 1 aromatic carbocycles. The molecule has 128 valence electrons. The van der Waals surface area contributed by atoms with E-state index in [1.807, 2.05) is 49.5 Å². The molecule has 7 heteroatoms. The minimum atomic E-state index is 0.0155. The molecular weight excluding hydrogens is 352 g/mol. The SMILES string of the molecule is Cc1ccc(Sc2cnc(Nc3ccccn3)s2)cc1C(=O)N(C)C. The predicted molar refractivity (Wildman–Crippen MR) is 103 cm³/mol. The van der Waals surface area contributed by atoms with Gasteiger partial charge in [-0.3, -0.25) is 4.79 Å². The Morgan fingerprint density at radius 2 is 2.04 bits per heavy atom. The van der Waals surface area contributed by atoms with E-state index < -0.39 is 0 Å². The summed E-state index contributed by atoms with van der Waals surface area (Å²) < 4.78 is 1.05. The maximum atomic E-state index is 12.3. The number of benzene rings is 1. The first-order chi connectivity index (χ1) is 12.0. The molecule has 0 atom stereocenters. The second-order valence-electron chi connectivity index (χ2n) is 5.60. The fourth-order valence-electron chi connectivity index (χ4n) is 2.16. The number of aryl methyl sites for hydroxylation is 1. The first-order valence-corrected chi connectivity index (χ1v) is 9.30. The number of anilines is 2. The number of hydrogen-bond acceptors (Lipinski definition) is 6. The van der Waals surface area contributed by atoms with Gasteiger partial charge in [-0.2, -0.15) is 0 Å². The van der Waals surface area contributed by atoms with Crippen LogP contribution >= 0.6 is 23.1 Å². The fourth-order valence-corrected chi connectivity index (χ4v) is 4.06. The van der Waals surface area contributed by atoms with Crippen LogP contribution in [0.1, 0.15) is 15.9 Å². The van der Waals surface area contributed by atoms with Gasteiger partial charge in [0.05, 0.1) is 10.4 Å². The average molecular weight is 371 g/mol. The zero-order valence-corrected chi connectivity index (χ0v) is 15.8. The van der Waals surface area contributed by atoms with Crippen LogP contribution in [0.4, 0.5) is 10.9 Å². The Morgan fingerprint density at radius 3 is 2.76 bits per heavy atom. The monoisotopic (exact) mass is 370 g/mol. The third kappa shape index (κ3) is 4.37. The highest BCUT2D eigenvalue weighted by molar-refractivity contribution is 8.01. The Bertz CT molecular complexity index is 878. The van der Waals surface area contributed by atoms with Crippen molar-refractivity contribution in [2.75, 3.05) is 19.4 Å². The molecule has 3 rings (SSSR count). The molecule has 0 fully saturated rings. The zero-order valence-electron chi connectivity index (χ0n) is 14.2. The molecule has 1 N–H and O–H groups in total. The number of hydrogen-bond donors (Lipinski definition) is 1. The van der Waals surface area contributed by atoms with E-state index in [1.54, 1.807) is 48.3 Å². The van der Waals surface area contributed by atoms with Gasteiger partial charge in [-0.05, 0) is 36.8 Å². The summed E-state index contributed by atoms with van der Waals surface area (Å²) in [5.74, 6) is 0.782. The average Bonchev–Trinajstić information content (AvgIpc) is 3.03. The topological polar surface area (TPSA) is 58.1 Å². The van der Waals surface area contributed by atoms with Gasteiger partial charge < -0.3 is 10.2 Å². The lowest BCUT2D eigenvalue weighted by molar-refractivity contribution is 0.0826. The summed E-state index contributed by atoms with van der Waals surface area (Å²) >= 11 is 3.15. The van der Waals surface area contributed by atoms with Crippen LogP contribution in [-0.4, -0.2) is 34.9 Å². The van der Waals surface area contributed by atoms with Crippen LogP contribution in [0, 0.1) is 6.92 Å². The molecule has 0 unspecified atom stereocenters. The first-order valence-electron chi connectivity index (χ1n) is 7.67. The molecule has 0 saturated carbocycles. The summed E-state index contributed by atoms with van der Waals surface area (Å²) in [6.07, 6.45) is 3.56. The van der Waals surface area contributed by atoms with Gasteiger partial charge in [0.2, 0.25) is 0 Å². The number of amides is 1. The number of nitrogens with one attached hydrogen (secondary N) is 1. The van der Waals surface area contributed by atoms with Crippen molar-refractivity contribution in [2.24, 2.45) is 0 Å². The number of pyridine rings is 1. The van der Waals surface area contributed by atoms with Crippen molar-refractivity contribution < 1.29 is 4.79 Å². The lowest BCUT2D eigenvalue weighted by Gasteiger charge is -2.13. The normalized spacial score (nSPS) is 10.5. The molecule has 25 heavy (non-hydrogen) atoms. The van der Waals surface area contributed by atoms with Crippen LogP contribution in [0.2, 0.25) is 0 Å². The summed E-state index contributed by atoms with van der Waals surface area (Å²) in [7, 11) is 3.53. The van der Waals surface area contributed by atoms with E-state index in [9.17, 15) is 4.79 Å². The van der Waals surface area contributed by atoms with E-state index in [2.05, 4.69) is 15.3 Å². The van der Waals surface area contributed by atoms with Crippen molar-refractivity contribution >= 4 is 40.0 Å². The molecule has 1 amide bonds. The third-order valence-corrected chi connectivity index (χ3v) is 5.45. The molecule has 0 radical (unpaired) electrons. The molecule has 0 spiro atoms. The standard InChI is InChI=1S/C18H18N4OS2/c1-12-7-8-13(10-14(12)17(23)22(2)3)24-16-11-20-18(25-16)21-15-6-4-5-9-19-15/h4-11H,1-3H3,(H,19,20,21). The minimum absolute atomic E-state index is 0.0155. The van der Waals surface area contributed by atoms with E-state index in [0.717, 1.165) is 31.2 Å². The van der Waals surface area contributed by atoms with Crippen molar-refractivity contribution in [3.8, 4) is 0 Å². The van der Waals surface area contributed by atoms with Gasteiger partial charge in [-0.15, -0.1) is 0 Å². The van der Waals surface area contributed by atoms with Crippen LogP contribution < -0.4 is 5.32 Å². The van der Waals surface area contributed by atoms with Crippen molar-refractivity contribution in [3.05, 3.63) is 59.9 Å². The number of thiazole rings is 1. The van der Waals surface area contributed by atoms with Crippen molar-refractivity contribution in [3.63, 3.8) is 0 Å².